The molecule has 0 spiro atoms. The van der Waals surface area contributed by atoms with E-state index in [1.807, 2.05) is 30.3 Å². The Labute approximate surface area is 126 Å². The molecule has 0 fully saturated rings. The number of hydrogen-bond acceptors (Lipinski definition) is 4. The molecule has 2 aromatic rings. The number of rotatable bonds is 7. The van der Waals surface area contributed by atoms with Crippen LogP contribution >= 0.6 is 0 Å². The number of benzene rings is 2. The Bertz CT molecular complexity index is 544. The molecular weight excluding hydrogens is 264 g/mol. The van der Waals surface area contributed by atoms with Gasteiger partial charge in [0.1, 0.15) is 18.1 Å². The number of aryl methyl sites for hydroxylation is 2. The predicted molar refractivity (Wildman–Crippen MR) is 86.4 cm³/mol. The van der Waals surface area contributed by atoms with Gasteiger partial charge in [0.05, 0.1) is 7.11 Å². The summed E-state index contributed by atoms with van der Waals surface area (Å²) >= 11 is 0. The zero-order valence-electron chi connectivity index (χ0n) is 12.5. The van der Waals surface area contributed by atoms with Crippen molar-refractivity contribution in [3.05, 3.63) is 59.7 Å². The zero-order valence-corrected chi connectivity index (χ0v) is 12.5. The molecule has 5 N–H and O–H groups in total. The topological polar surface area (TPSA) is 79.5 Å². The monoisotopic (exact) mass is 288 g/mol. The predicted octanol–water partition coefficient (Wildman–Crippen LogP) is 2.98. The van der Waals surface area contributed by atoms with E-state index in [9.17, 15) is 0 Å². The molecule has 4 nitrogen and oxygen atoms in total. The van der Waals surface area contributed by atoms with Gasteiger partial charge in [-0.15, -0.1) is 0 Å². The molecule has 0 bridgehead atoms. The van der Waals surface area contributed by atoms with Gasteiger partial charge >= 0.3 is 0 Å². The molecular formula is C17H24N2O2. The minimum Gasteiger partial charge on any atom is -0.496 e. The Kier molecular flexibility index (Phi) is 7.29. The standard InChI is InChI=1S/C17H21NO2.H3N/c1-19-17-8-3-2-6-15(17)10-9-14-5-4-7-16(13-14)20-12-11-18;/h2-8,13H,9-12,18H2,1H3;1H3. The van der Waals surface area contributed by atoms with E-state index in [1.54, 1.807) is 7.11 Å². The average Bonchev–Trinajstić information content (AvgIpc) is 2.51. The fourth-order valence-electron chi connectivity index (χ4n) is 2.16. The second kappa shape index (κ2) is 9.00. The normalized spacial score (nSPS) is 9.81. The molecule has 0 unspecified atom stereocenters. The van der Waals surface area contributed by atoms with Crippen LogP contribution in [-0.4, -0.2) is 20.3 Å². The lowest BCUT2D eigenvalue weighted by molar-refractivity contribution is 0.328. The molecule has 0 amide bonds. The number of hydrogen-bond donors (Lipinski definition) is 2. The van der Waals surface area contributed by atoms with Crippen LogP contribution < -0.4 is 21.4 Å². The van der Waals surface area contributed by atoms with Gasteiger partial charge < -0.3 is 21.4 Å². The van der Waals surface area contributed by atoms with Crippen LogP contribution in [0, 0.1) is 0 Å². The van der Waals surface area contributed by atoms with Crippen molar-refractivity contribution >= 4 is 0 Å². The van der Waals surface area contributed by atoms with E-state index >= 15 is 0 Å². The van der Waals surface area contributed by atoms with Crippen molar-refractivity contribution in [1.29, 1.82) is 0 Å². The first kappa shape index (κ1) is 17.0. The van der Waals surface area contributed by atoms with Crippen molar-refractivity contribution in [2.45, 2.75) is 12.8 Å². The summed E-state index contributed by atoms with van der Waals surface area (Å²) in [5.41, 5.74) is 7.92. The molecule has 0 aliphatic carbocycles. The maximum Gasteiger partial charge on any atom is 0.122 e. The molecule has 4 heteroatoms. The van der Waals surface area contributed by atoms with E-state index in [4.69, 9.17) is 15.2 Å². The van der Waals surface area contributed by atoms with Crippen molar-refractivity contribution in [2.75, 3.05) is 20.3 Å². The first-order chi connectivity index (χ1) is 9.83. The molecule has 0 heterocycles. The third kappa shape index (κ3) is 5.10. The Balaban J connectivity index is 0.00000220. The van der Waals surface area contributed by atoms with E-state index in [1.165, 1.54) is 11.1 Å². The van der Waals surface area contributed by atoms with Crippen LogP contribution in [0.25, 0.3) is 0 Å². The van der Waals surface area contributed by atoms with Crippen molar-refractivity contribution in [3.63, 3.8) is 0 Å². The third-order valence-corrected chi connectivity index (χ3v) is 3.16. The summed E-state index contributed by atoms with van der Waals surface area (Å²) in [6.07, 6.45) is 1.91. The molecule has 2 rings (SSSR count). The van der Waals surface area contributed by atoms with Crippen molar-refractivity contribution < 1.29 is 9.47 Å². The van der Waals surface area contributed by atoms with Gasteiger partial charge in [-0.1, -0.05) is 30.3 Å². The lowest BCUT2D eigenvalue weighted by Gasteiger charge is -2.09. The third-order valence-electron chi connectivity index (χ3n) is 3.16. The quantitative estimate of drug-likeness (QED) is 0.821. The van der Waals surface area contributed by atoms with Crippen LogP contribution in [0.2, 0.25) is 0 Å². The SMILES string of the molecule is COc1ccccc1CCc1cccc(OCCN)c1.N. The Morgan fingerprint density at radius 2 is 1.81 bits per heavy atom. The summed E-state index contributed by atoms with van der Waals surface area (Å²) in [5.74, 6) is 1.83. The highest BCUT2D eigenvalue weighted by Crippen LogP contribution is 2.20. The van der Waals surface area contributed by atoms with Gasteiger partial charge in [0.15, 0.2) is 0 Å². The molecule has 21 heavy (non-hydrogen) atoms. The second-order valence-electron chi connectivity index (χ2n) is 4.60. The molecule has 0 aliphatic rings. The molecule has 2 aromatic carbocycles. The van der Waals surface area contributed by atoms with Crippen LogP contribution in [0.5, 0.6) is 11.5 Å². The van der Waals surface area contributed by atoms with Gasteiger partial charge in [0, 0.05) is 6.54 Å². The van der Waals surface area contributed by atoms with Gasteiger partial charge in [-0.25, -0.2) is 0 Å². The Morgan fingerprint density at radius 1 is 1.00 bits per heavy atom. The van der Waals surface area contributed by atoms with E-state index in [0.717, 1.165) is 24.3 Å². The largest absolute Gasteiger partial charge is 0.496 e. The van der Waals surface area contributed by atoms with Crippen LogP contribution in [0.4, 0.5) is 0 Å². The minimum atomic E-state index is 0. The van der Waals surface area contributed by atoms with Crippen molar-refractivity contribution in [3.8, 4) is 11.5 Å². The van der Waals surface area contributed by atoms with E-state index < -0.39 is 0 Å². The number of methoxy groups -OCH3 is 1. The van der Waals surface area contributed by atoms with Gasteiger partial charge in [-0.05, 0) is 42.2 Å². The Morgan fingerprint density at radius 3 is 2.57 bits per heavy atom. The molecule has 0 saturated carbocycles. The minimum absolute atomic E-state index is 0. The summed E-state index contributed by atoms with van der Waals surface area (Å²) in [7, 11) is 1.71. The molecule has 0 radical (unpaired) electrons. The van der Waals surface area contributed by atoms with Gasteiger partial charge in [-0.3, -0.25) is 0 Å². The Hall–Kier alpha value is -2.04. The molecule has 0 saturated heterocycles. The summed E-state index contributed by atoms with van der Waals surface area (Å²) in [5, 5.41) is 0. The van der Waals surface area contributed by atoms with Crippen molar-refractivity contribution in [1.82, 2.24) is 6.15 Å². The van der Waals surface area contributed by atoms with Crippen LogP contribution in [0.15, 0.2) is 48.5 Å². The lowest BCUT2D eigenvalue weighted by atomic mass is 10.0. The van der Waals surface area contributed by atoms with Crippen molar-refractivity contribution in [2.24, 2.45) is 5.73 Å². The zero-order chi connectivity index (χ0) is 14.2. The molecule has 114 valence electrons. The second-order valence-corrected chi connectivity index (χ2v) is 4.60. The average molecular weight is 288 g/mol. The number of nitrogens with two attached hydrogens (primary N) is 1. The highest BCUT2D eigenvalue weighted by Gasteiger charge is 2.03. The van der Waals surface area contributed by atoms with Gasteiger partial charge in [-0.2, -0.15) is 0 Å². The van der Waals surface area contributed by atoms with E-state index in [0.29, 0.717) is 13.2 Å². The fraction of sp³-hybridized carbons (Fsp3) is 0.294. The van der Waals surface area contributed by atoms with Gasteiger partial charge in [0.25, 0.3) is 0 Å². The maximum atomic E-state index is 5.54. The van der Waals surface area contributed by atoms with E-state index in [2.05, 4.69) is 18.2 Å². The molecule has 0 atom stereocenters. The smallest absolute Gasteiger partial charge is 0.122 e. The van der Waals surface area contributed by atoms with E-state index in [-0.39, 0.29) is 6.15 Å². The maximum absolute atomic E-state index is 5.54. The summed E-state index contributed by atoms with van der Waals surface area (Å²) in [6.45, 7) is 1.08. The summed E-state index contributed by atoms with van der Waals surface area (Å²) < 4.78 is 10.9. The summed E-state index contributed by atoms with van der Waals surface area (Å²) in [6, 6.07) is 16.3. The number of para-hydroxylation sites is 1. The lowest BCUT2D eigenvalue weighted by Crippen LogP contribution is -2.10. The van der Waals surface area contributed by atoms with Crippen LogP contribution in [0.3, 0.4) is 0 Å². The first-order valence-electron chi connectivity index (χ1n) is 6.87. The number of ether oxygens (including phenoxy) is 2. The summed E-state index contributed by atoms with van der Waals surface area (Å²) in [4.78, 5) is 0. The molecule has 0 aliphatic heterocycles. The highest BCUT2D eigenvalue weighted by molar-refractivity contribution is 5.35. The van der Waals surface area contributed by atoms with Crippen LogP contribution in [-0.2, 0) is 12.8 Å². The molecule has 0 aromatic heterocycles. The highest BCUT2D eigenvalue weighted by atomic mass is 16.5. The van der Waals surface area contributed by atoms with Gasteiger partial charge in [0.2, 0.25) is 0 Å². The van der Waals surface area contributed by atoms with Crippen LogP contribution in [0.1, 0.15) is 11.1 Å². The fourth-order valence-corrected chi connectivity index (χ4v) is 2.16. The first-order valence-corrected chi connectivity index (χ1v) is 6.87.